The van der Waals surface area contributed by atoms with Crippen molar-refractivity contribution in [1.82, 2.24) is 0 Å². The van der Waals surface area contributed by atoms with Crippen LogP contribution in [0.3, 0.4) is 0 Å². The molecule has 0 bridgehead atoms. The standard InChI is InChI=1S/C20H20O6/c21-18(24-13-16-7-3-1-4-8-16)11-12-19(22)26-15-20(23)25-14-17-9-5-2-6-10-17/h1-10H,11-15H2. The van der Waals surface area contributed by atoms with Gasteiger partial charge in [0.1, 0.15) is 13.2 Å². The molecule has 0 N–H and O–H groups in total. The lowest BCUT2D eigenvalue weighted by atomic mass is 10.2. The van der Waals surface area contributed by atoms with E-state index in [2.05, 4.69) is 0 Å². The average molecular weight is 356 g/mol. The normalized spacial score (nSPS) is 10.0. The van der Waals surface area contributed by atoms with E-state index in [9.17, 15) is 14.4 Å². The van der Waals surface area contributed by atoms with Crippen molar-refractivity contribution in [2.75, 3.05) is 6.61 Å². The van der Waals surface area contributed by atoms with Crippen LogP contribution in [0.15, 0.2) is 60.7 Å². The van der Waals surface area contributed by atoms with Crippen molar-refractivity contribution in [3.05, 3.63) is 71.8 Å². The monoisotopic (exact) mass is 356 g/mol. The Morgan fingerprint density at radius 1 is 0.577 bits per heavy atom. The number of hydrogen-bond acceptors (Lipinski definition) is 6. The van der Waals surface area contributed by atoms with Gasteiger partial charge in [-0.2, -0.15) is 0 Å². The zero-order chi connectivity index (χ0) is 18.6. The molecule has 2 rings (SSSR count). The molecular formula is C20H20O6. The van der Waals surface area contributed by atoms with Crippen molar-refractivity contribution >= 4 is 17.9 Å². The summed E-state index contributed by atoms with van der Waals surface area (Å²) < 4.78 is 14.8. The average Bonchev–Trinajstić information content (AvgIpc) is 2.69. The van der Waals surface area contributed by atoms with Gasteiger partial charge in [-0.05, 0) is 11.1 Å². The molecule has 0 amide bonds. The lowest BCUT2D eigenvalue weighted by Gasteiger charge is -2.07. The summed E-state index contributed by atoms with van der Waals surface area (Å²) in [5.41, 5.74) is 1.71. The smallest absolute Gasteiger partial charge is 0.344 e. The minimum atomic E-state index is -0.654. The molecule has 0 aliphatic carbocycles. The van der Waals surface area contributed by atoms with Crippen LogP contribution in [0.1, 0.15) is 24.0 Å². The minimum Gasteiger partial charge on any atom is -0.461 e. The highest BCUT2D eigenvalue weighted by Gasteiger charge is 2.12. The Morgan fingerprint density at radius 2 is 1.00 bits per heavy atom. The van der Waals surface area contributed by atoms with E-state index in [0.29, 0.717) is 0 Å². The molecule has 136 valence electrons. The van der Waals surface area contributed by atoms with Crippen LogP contribution in [0.25, 0.3) is 0 Å². The van der Waals surface area contributed by atoms with Gasteiger partial charge >= 0.3 is 17.9 Å². The Hall–Kier alpha value is -3.15. The number of carbonyl (C=O) groups excluding carboxylic acids is 3. The van der Waals surface area contributed by atoms with E-state index in [0.717, 1.165) is 11.1 Å². The maximum Gasteiger partial charge on any atom is 0.344 e. The number of esters is 3. The zero-order valence-corrected chi connectivity index (χ0v) is 14.3. The molecule has 2 aromatic rings. The third-order valence-corrected chi connectivity index (χ3v) is 3.37. The van der Waals surface area contributed by atoms with Crippen LogP contribution >= 0.6 is 0 Å². The maximum absolute atomic E-state index is 11.6. The molecule has 0 atom stereocenters. The first-order chi connectivity index (χ1) is 12.6. The van der Waals surface area contributed by atoms with Gasteiger partial charge in [0, 0.05) is 0 Å². The van der Waals surface area contributed by atoms with Crippen LogP contribution in [-0.4, -0.2) is 24.5 Å². The summed E-state index contributed by atoms with van der Waals surface area (Å²) in [5.74, 6) is -1.80. The third kappa shape index (κ3) is 7.61. The van der Waals surface area contributed by atoms with Crippen LogP contribution in [0, 0.1) is 0 Å². The second-order valence-corrected chi connectivity index (χ2v) is 5.45. The SMILES string of the molecule is O=C(CCC(=O)OCc1ccccc1)OCC(=O)OCc1ccccc1. The van der Waals surface area contributed by atoms with Crippen LogP contribution in [-0.2, 0) is 41.8 Å². The van der Waals surface area contributed by atoms with E-state index in [1.54, 1.807) is 0 Å². The van der Waals surface area contributed by atoms with Gasteiger partial charge in [-0.3, -0.25) is 9.59 Å². The summed E-state index contributed by atoms with van der Waals surface area (Å²) in [6.45, 7) is -0.214. The third-order valence-electron chi connectivity index (χ3n) is 3.37. The molecule has 0 aliphatic heterocycles. The van der Waals surface area contributed by atoms with Gasteiger partial charge in [0.05, 0.1) is 12.8 Å². The van der Waals surface area contributed by atoms with E-state index < -0.39 is 24.5 Å². The summed E-state index contributed by atoms with van der Waals surface area (Å²) >= 11 is 0. The molecule has 6 nitrogen and oxygen atoms in total. The maximum atomic E-state index is 11.6. The van der Waals surface area contributed by atoms with Crippen molar-refractivity contribution < 1.29 is 28.6 Å². The lowest BCUT2D eigenvalue weighted by Crippen LogP contribution is -2.17. The number of hydrogen-bond donors (Lipinski definition) is 0. The summed E-state index contributed by atoms with van der Waals surface area (Å²) in [6, 6.07) is 18.4. The van der Waals surface area contributed by atoms with Crippen molar-refractivity contribution in [3.63, 3.8) is 0 Å². The van der Waals surface area contributed by atoms with Crippen LogP contribution < -0.4 is 0 Å². The highest BCUT2D eigenvalue weighted by molar-refractivity contribution is 5.80. The first-order valence-corrected chi connectivity index (χ1v) is 8.18. The van der Waals surface area contributed by atoms with Crippen LogP contribution in [0.4, 0.5) is 0 Å². The fourth-order valence-corrected chi connectivity index (χ4v) is 2.01. The first-order valence-electron chi connectivity index (χ1n) is 8.18. The lowest BCUT2D eigenvalue weighted by molar-refractivity contribution is -0.160. The highest BCUT2D eigenvalue weighted by atomic mass is 16.6. The molecule has 0 saturated heterocycles. The minimum absolute atomic E-state index is 0.106. The molecule has 0 saturated carbocycles. The Morgan fingerprint density at radius 3 is 1.50 bits per heavy atom. The van der Waals surface area contributed by atoms with Gasteiger partial charge in [0.25, 0.3) is 0 Å². The fourth-order valence-electron chi connectivity index (χ4n) is 2.01. The molecule has 0 aromatic heterocycles. The van der Waals surface area contributed by atoms with Gasteiger partial charge in [-0.15, -0.1) is 0 Å². The highest BCUT2D eigenvalue weighted by Crippen LogP contribution is 2.04. The van der Waals surface area contributed by atoms with Gasteiger partial charge < -0.3 is 14.2 Å². The Balaban J connectivity index is 1.56. The summed E-state index contributed by atoms with van der Waals surface area (Å²) in [6.07, 6.45) is -0.260. The van der Waals surface area contributed by atoms with Crippen LogP contribution in [0.5, 0.6) is 0 Å². The molecule has 6 heteroatoms. The molecule has 0 radical (unpaired) electrons. The predicted octanol–water partition coefficient (Wildman–Crippen LogP) is 2.80. The molecule has 0 fully saturated rings. The summed E-state index contributed by atoms with van der Waals surface area (Å²) in [7, 11) is 0. The predicted molar refractivity (Wildman–Crippen MR) is 92.7 cm³/mol. The molecular weight excluding hydrogens is 336 g/mol. The van der Waals surface area contributed by atoms with Gasteiger partial charge in [-0.1, -0.05) is 60.7 Å². The quantitative estimate of drug-likeness (QED) is 0.508. The molecule has 0 aliphatic rings. The topological polar surface area (TPSA) is 78.9 Å². The second kappa shape index (κ2) is 10.7. The number of benzene rings is 2. The zero-order valence-electron chi connectivity index (χ0n) is 14.3. The molecule has 2 aromatic carbocycles. The molecule has 26 heavy (non-hydrogen) atoms. The van der Waals surface area contributed by atoms with E-state index in [4.69, 9.17) is 14.2 Å². The number of carbonyl (C=O) groups is 3. The number of ether oxygens (including phenoxy) is 3. The summed E-state index contributed by atoms with van der Waals surface area (Å²) in [4.78, 5) is 34.7. The van der Waals surface area contributed by atoms with E-state index in [1.807, 2.05) is 60.7 Å². The van der Waals surface area contributed by atoms with Crippen molar-refractivity contribution in [2.24, 2.45) is 0 Å². The first kappa shape index (κ1) is 19.2. The number of rotatable bonds is 9. The van der Waals surface area contributed by atoms with Gasteiger partial charge in [0.2, 0.25) is 0 Å². The van der Waals surface area contributed by atoms with Gasteiger partial charge in [-0.25, -0.2) is 4.79 Å². The van der Waals surface area contributed by atoms with E-state index >= 15 is 0 Å². The second-order valence-electron chi connectivity index (χ2n) is 5.45. The molecule has 0 unspecified atom stereocenters. The Kier molecular flexibility index (Phi) is 7.86. The van der Waals surface area contributed by atoms with Crippen molar-refractivity contribution in [3.8, 4) is 0 Å². The van der Waals surface area contributed by atoms with Gasteiger partial charge in [0.15, 0.2) is 6.61 Å². The van der Waals surface area contributed by atoms with Crippen LogP contribution in [0.2, 0.25) is 0 Å². The molecule has 0 spiro atoms. The largest absolute Gasteiger partial charge is 0.461 e. The van der Waals surface area contributed by atoms with E-state index in [-0.39, 0.29) is 26.1 Å². The molecule has 0 heterocycles. The van der Waals surface area contributed by atoms with Crippen molar-refractivity contribution in [2.45, 2.75) is 26.1 Å². The van der Waals surface area contributed by atoms with E-state index in [1.165, 1.54) is 0 Å². The Labute approximate surface area is 151 Å². The summed E-state index contributed by atoms with van der Waals surface area (Å²) in [5, 5.41) is 0. The van der Waals surface area contributed by atoms with Crippen molar-refractivity contribution in [1.29, 1.82) is 0 Å². The Bertz CT molecular complexity index is 650. The fraction of sp³-hybridized carbons (Fsp3) is 0.250.